The number of aryl methyl sites for hydroxylation is 1. The summed E-state index contributed by atoms with van der Waals surface area (Å²) >= 11 is 0. The van der Waals surface area contributed by atoms with Crippen molar-refractivity contribution in [3.8, 4) is 0 Å². The number of rotatable bonds is 5. The molecule has 0 aliphatic rings. The summed E-state index contributed by atoms with van der Waals surface area (Å²) in [6.07, 6.45) is 3.35. The zero-order chi connectivity index (χ0) is 13.5. The lowest BCUT2D eigenvalue weighted by Crippen LogP contribution is -2.27. The molecule has 2 rings (SSSR count). The van der Waals surface area contributed by atoms with Gasteiger partial charge in [0, 0.05) is 24.5 Å². The van der Waals surface area contributed by atoms with E-state index in [1.165, 1.54) is 12.1 Å². The molecule has 2 aromatic heterocycles. The van der Waals surface area contributed by atoms with Gasteiger partial charge in [-0.2, -0.15) is 5.10 Å². The predicted octanol–water partition coefficient (Wildman–Crippen LogP) is 0.527. The Balaban J connectivity index is 1.75. The number of hydrogen-bond donors (Lipinski definition) is 2. The van der Waals surface area contributed by atoms with Crippen molar-refractivity contribution < 1.29 is 4.79 Å². The van der Waals surface area contributed by atoms with Crippen LogP contribution in [0.15, 0.2) is 41.3 Å². The Morgan fingerprint density at radius 1 is 1.26 bits per heavy atom. The first-order valence-electron chi connectivity index (χ1n) is 5.99. The molecule has 2 N–H and O–H groups in total. The lowest BCUT2D eigenvalue weighted by Gasteiger charge is -2.03. The maximum atomic E-state index is 11.7. The Bertz CT molecular complexity index is 575. The van der Waals surface area contributed by atoms with E-state index in [4.69, 9.17) is 0 Å². The van der Waals surface area contributed by atoms with E-state index >= 15 is 0 Å². The lowest BCUT2D eigenvalue weighted by molar-refractivity contribution is 0.0947. The molecule has 0 bridgehead atoms. The van der Waals surface area contributed by atoms with Crippen LogP contribution in [-0.4, -0.2) is 27.6 Å². The van der Waals surface area contributed by atoms with E-state index < -0.39 is 0 Å². The number of amides is 1. The summed E-state index contributed by atoms with van der Waals surface area (Å²) in [6, 6.07) is 8.42. The number of pyridine rings is 1. The fourth-order valence-electron chi connectivity index (χ4n) is 1.58. The van der Waals surface area contributed by atoms with Crippen molar-refractivity contribution in [3.63, 3.8) is 0 Å². The average molecular weight is 258 g/mol. The Kier molecular flexibility index (Phi) is 4.39. The van der Waals surface area contributed by atoms with Gasteiger partial charge in [-0.25, -0.2) is 5.10 Å². The van der Waals surface area contributed by atoms with Crippen molar-refractivity contribution >= 4 is 5.91 Å². The summed E-state index contributed by atoms with van der Waals surface area (Å²) in [5, 5.41) is 8.61. The van der Waals surface area contributed by atoms with Crippen molar-refractivity contribution in [2.24, 2.45) is 0 Å². The summed E-state index contributed by atoms with van der Waals surface area (Å²) in [5.41, 5.74) is 0.878. The van der Waals surface area contributed by atoms with Gasteiger partial charge in [0.15, 0.2) is 0 Å². The smallest absolute Gasteiger partial charge is 0.271 e. The maximum Gasteiger partial charge on any atom is 0.271 e. The molecule has 2 heterocycles. The number of H-pyrrole nitrogens is 1. The number of carbonyl (C=O) groups excluding carboxylic acids is 1. The SMILES string of the molecule is O=C(NCCCc1ccccn1)c1ccc(=O)[nH]n1. The molecule has 0 spiro atoms. The number of nitrogens with zero attached hydrogens (tertiary/aromatic N) is 2. The van der Waals surface area contributed by atoms with Gasteiger partial charge in [-0.15, -0.1) is 0 Å². The Morgan fingerprint density at radius 3 is 2.84 bits per heavy atom. The molecule has 6 heteroatoms. The Labute approximate surface area is 109 Å². The molecule has 0 unspecified atom stereocenters. The van der Waals surface area contributed by atoms with Crippen LogP contribution in [-0.2, 0) is 6.42 Å². The topological polar surface area (TPSA) is 87.7 Å². The van der Waals surface area contributed by atoms with Crippen LogP contribution < -0.4 is 10.9 Å². The van der Waals surface area contributed by atoms with E-state index in [1.807, 2.05) is 18.2 Å². The first-order valence-corrected chi connectivity index (χ1v) is 5.99. The third-order valence-electron chi connectivity index (χ3n) is 2.53. The fraction of sp³-hybridized carbons (Fsp3) is 0.231. The van der Waals surface area contributed by atoms with Crippen molar-refractivity contribution in [3.05, 3.63) is 58.3 Å². The van der Waals surface area contributed by atoms with E-state index in [1.54, 1.807) is 6.20 Å². The van der Waals surface area contributed by atoms with Gasteiger partial charge in [-0.05, 0) is 31.0 Å². The van der Waals surface area contributed by atoms with E-state index in [-0.39, 0.29) is 17.2 Å². The molecular formula is C13H14N4O2. The van der Waals surface area contributed by atoms with Gasteiger partial charge in [0.2, 0.25) is 0 Å². The minimum Gasteiger partial charge on any atom is -0.351 e. The molecule has 0 aliphatic heterocycles. The first kappa shape index (κ1) is 12.9. The second-order valence-corrected chi connectivity index (χ2v) is 3.99. The zero-order valence-electron chi connectivity index (χ0n) is 10.3. The standard InChI is InChI=1S/C13H14N4O2/c18-12-7-6-11(16-17-12)13(19)15-9-3-5-10-4-1-2-8-14-10/h1-2,4,6-8H,3,5,9H2,(H,15,19)(H,17,18). The molecule has 0 radical (unpaired) electrons. The zero-order valence-corrected chi connectivity index (χ0v) is 10.3. The molecule has 0 atom stereocenters. The highest BCUT2D eigenvalue weighted by Crippen LogP contribution is 1.97. The number of hydrogen-bond acceptors (Lipinski definition) is 4. The first-order chi connectivity index (χ1) is 9.25. The van der Waals surface area contributed by atoms with E-state index in [0.717, 1.165) is 18.5 Å². The van der Waals surface area contributed by atoms with Crippen molar-refractivity contribution in [2.45, 2.75) is 12.8 Å². The number of carbonyl (C=O) groups is 1. The van der Waals surface area contributed by atoms with Crippen LogP contribution in [0.5, 0.6) is 0 Å². The van der Waals surface area contributed by atoms with Crippen LogP contribution in [0.1, 0.15) is 22.6 Å². The molecule has 1 amide bonds. The average Bonchev–Trinajstić information content (AvgIpc) is 2.45. The highest BCUT2D eigenvalue weighted by molar-refractivity contribution is 5.91. The predicted molar refractivity (Wildman–Crippen MR) is 69.7 cm³/mol. The second-order valence-electron chi connectivity index (χ2n) is 3.99. The van der Waals surface area contributed by atoms with Gasteiger partial charge >= 0.3 is 0 Å². The number of aromatic amines is 1. The van der Waals surface area contributed by atoms with Gasteiger partial charge in [-0.3, -0.25) is 14.6 Å². The Morgan fingerprint density at radius 2 is 2.16 bits per heavy atom. The van der Waals surface area contributed by atoms with Crippen molar-refractivity contribution in [1.82, 2.24) is 20.5 Å². The molecule has 98 valence electrons. The van der Waals surface area contributed by atoms with Gasteiger partial charge in [0.1, 0.15) is 5.69 Å². The molecule has 19 heavy (non-hydrogen) atoms. The quantitative estimate of drug-likeness (QED) is 0.766. The normalized spacial score (nSPS) is 10.1. The second kappa shape index (κ2) is 6.44. The molecular weight excluding hydrogens is 244 g/mol. The monoisotopic (exact) mass is 258 g/mol. The lowest BCUT2D eigenvalue weighted by atomic mass is 10.2. The molecule has 0 aromatic carbocycles. The van der Waals surface area contributed by atoms with Gasteiger partial charge < -0.3 is 5.32 Å². The summed E-state index contributed by atoms with van der Waals surface area (Å²) in [5.74, 6) is -0.294. The van der Waals surface area contributed by atoms with Crippen LogP contribution in [0, 0.1) is 0 Å². The van der Waals surface area contributed by atoms with Crippen LogP contribution >= 0.6 is 0 Å². The minimum atomic E-state index is -0.327. The summed E-state index contributed by atoms with van der Waals surface area (Å²) in [4.78, 5) is 26.7. The highest BCUT2D eigenvalue weighted by atomic mass is 16.2. The highest BCUT2D eigenvalue weighted by Gasteiger charge is 2.05. The fourth-order valence-corrected chi connectivity index (χ4v) is 1.58. The number of aromatic nitrogens is 3. The molecule has 6 nitrogen and oxygen atoms in total. The summed E-state index contributed by atoms with van der Waals surface area (Å²) in [7, 11) is 0. The van der Waals surface area contributed by atoms with Crippen LogP contribution in [0.25, 0.3) is 0 Å². The minimum absolute atomic E-state index is 0.206. The molecule has 0 fully saturated rings. The van der Waals surface area contributed by atoms with Crippen molar-refractivity contribution in [2.75, 3.05) is 6.54 Å². The Hall–Kier alpha value is -2.50. The molecule has 2 aromatic rings. The van der Waals surface area contributed by atoms with Gasteiger partial charge in [0.05, 0.1) is 0 Å². The molecule has 0 saturated heterocycles. The van der Waals surface area contributed by atoms with Crippen LogP contribution in [0.3, 0.4) is 0 Å². The van der Waals surface area contributed by atoms with Gasteiger partial charge in [0.25, 0.3) is 11.5 Å². The van der Waals surface area contributed by atoms with E-state index in [0.29, 0.717) is 6.54 Å². The van der Waals surface area contributed by atoms with Crippen molar-refractivity contribution in [1.29, 1.82) is 0 Å². The summed E-state index contributed by atoms with van der Waals surface area (Å²) in [6.45, 7) is 0.538. The van der Waals surface area contributed by atoms with E-state index in [9.17, 15) is 9.59 Å². The molecule has 0 aliphatic carbocycles. The number of nitrogens with one attached hydrogen (secondary N) is 2. The van der Waals surface area contributed by atoms with Crippen LogP contribution in [0.4, 0.5) is 0 Å². The maximum absolute atomic E-state index is 11.7. The summed E-state index contributed by atoms with van der Waals surface area (Å²) < 4.78 is 0. The third kappa shape index (κ3) is 4.02. The van der Waals surface area contributed by atoms with Gasteiger partial charge in [-0.1, -0.05) is 6.07 Å². The van der Waals surface area contributed by atoms with E-state index in [2.05, 4.69) is 20.5 Å². The third-order valence-corrected chi connectivity index (χ3v) is 2.53. The largest absolute Gasteiger partial charge is 0.351 e. The molecule has 0 saturated carbocycles. The van der Waals surface area contributed by atoms with Crippen LogP contribution in [0.2, 0.25) is 0 Å².